The Labute approximate surface area is 176 Å². The molecule has 140 valence electrons. The summed E-state index contributed by atoms with van der Waals surface area (Å²) in [5.41, 5.74) is 5.15. The Kier molecular flexibility index (Phi) is 5.24. The Hall–Kier alpha value is -2.57. The van der Waals surface area contributed by atoms with Gasteiger partial charge in [-0.05, 0) is 85.3 Å². The summed E-state index contributed by atoms with van der Waals surface area (Å²) in [6.07, 6.45) is 3.88. The van der Waals surface area contributed by atoms with E-state index in [0.717, 1.165) is 27.1 Å². The van der Waals surface area contributed by atoms with Gasteiger partial charge in [-0.15, -0.1) is 0 Å². The van der Waals surface area contributed by atoms with Gasteiger partial charge in [0.05, 0.1) is 10.6 Å². The van der Waals surface area contributed by atoms with Crippen LogP contribution in [-0.4, -0.2) is 15.6 Å². The Bertz CT molecular complexity index is 1110. The van der Waals surface area contributed by atoms with Gasteiger partial charge < -0.3 is 9.88 Å². The fourth-order valence-corrected chi connectivity index (χ4v) is 4.01. The van der Waals surface area contributed by atoms with Crippen LogP contribution in [0.25, 0.3) is 11.8 Å². The predicted molar refractivity (Wildman–Crippen MR) is 120 cm³/mol. The topological polar surface area (TPSA) is 46.4 Å². The average molecular weight is 452 g/mol. The number of amidine groups is 1. The third-order valence-electron chi connectivity index (χ3n) is 4.61. The number of nitrogens with one attached hydrogen (secondary N) is 1. The van der Waals surface area contributed by atoms with Gasteiger partial charge in [0.25, 0.3) is 5.91 Å². The maximum atomic E-state index is 12.4. The lowest BCUT2D eigenvalue weighted by Crippen LogP contribution is -2.19. The maximum Gasteiger partial charge on any atom is 0.264 e. The fourth-order valence-electron chi connectivity index (χ4n) is 2.93. The summed E-state index contributed by atoms with van der Waals surface area (Å²) in [6.45, 7) is 4.10. The minimum Gasteiger partial charge on any atom is -0.317 e. The number of thioether (sulfide) groups is 1. The van der Waals surface area contributed by atoms with E-state index in [-0.39, 0.29) is 5.91 Å². The first-order valence-electron chi connectivity index (χ1n) is 8.80. The molecule has 0 unspecified atom stereocenters. The van der Waals surface area contributed by atoms with E-state index in [2.05, 4.69) is 39.2 Å². The molecule has 1 aliphatic rings. The van der Waals surface area contributed by atoms with Gasteiger partial charge in [0.15, 0.2) is 5.17 Å². The standard InChI is InChI=1S/C22H18BrN3OS/c1-14-5-3-7-19(15(14)2)24-22-25-21(27)20(28-22)13-18-6-4-12-26(18)17-10-8-16(23)9-11-17/h3-13H,1-2H3,(H,24,25,27)/b20-13-. The smallest absolute Gasteiger partial charge is 0.264 e. The zero-order valence-electron chi connectivity index (χ0n) is 15.4. The molecule has 4 rings (SSSR count). The lowest BCUT2D eigenvalue weighted by molar-refractivity contribution is -0.115. The SMILES string of the molecule is Cc1cccc(N=C2NC(=O)/C(=C/c3cccn3-c3ccc(Br)cc3)S2)c1C. The molecule has 0 spiro atoms. The molecule has 4 nitrogen and oxygen atoms in total. The number of aliphatic imine (C=N–C) groups is 1. The third-order valence-corrected chi connectivity index (χ3v) is 6.05. The number of halogens is 1. The quantitative estimate of drug-likeness (QED) is 0.515. The summed E-state index contributed by atoms with van der Waals surface area (Å²) in [4.78, 5) is 17.7. The highest BCUT2D eigenvalue weighted by atomic mass is 79.9. The molecular formula is C22H18BrN3OS. The first kappa shape index (κ1) is 18.8. The van der Waals surface area contributed by atoms with Gasteiger partial charge in [0, 0.05) is 22.1 Å². The predicted octanol–water partition coefficient (Wildman–Crippen LogP) is 5.75. The van der Waals surface area contributed by atoms with Gasteiger partial charge in [-0.1, -0.05) is 28.1 Å². The molecule has 0 bridgehead atoms. The van der Waals surface area contributed by atoms with Crippen LogP contribution in [0.5, 0.6) is 0 Å². The molecule has 1 fully saturated rings. The molecule has 6 heteroatoms. The lowest BCUT2D eigenvalue weighted by Gasteiger charge is -2.07. The number of rotatable bonds is 3. The van der Waals surface area contributed by atoms with Crippen LogP contribution in [0.1, 0.15) is 16.8 Å². The molecular weight excluding hydrogens is 434 g/mol. The van der Waals surface area contributed by atoms with Gasteiger partial charge in [-0.25, -0.2) is 4.99 Å². The number of hydrogen-bond acceptors (Lipinski definition) is 3. The van der Waals surface area contributed by atoms with E-state index in [4.69, 9.17) is 0 Å². The second kappa shape index (κ2) is 7.81. The molecule has 2 aromatic carbocycles. The van der Waals surface area contributed by atoms with Crippen LogP contribution in [-0.2, 0) is 4.79 Å². The van der Waals surface area contributed by atoms with Gasteiger partial charge in [0.1, 0.15) is 0 Å². The largest absolute Gasteiger partial charge is 0.317 e. The molecule has 0 radical (unpaired) electrons. The first-order chi connectivity index (χ1) is 13.5. The van der Waals surface area contributed by atoms with Crippen molar-refractivity contribution in [1.29, 1.82) is 0 Å². The Morgan fingerprint density at radius 1 is 1.07 bits per heavy atom. The molecule has 1 aromatic heterocycles. The summed E-state index contributed by atoms with van der Waals surface area (Å²) < 4.78 is 3.08. The van der Waals surface area contributed by atoms with Gasteiger partial charge in [-0.2, -0.15) is 0 Å². The molecule has 0 atom stereocenters. The number of hydrogen-bond donors (Lipinski definition) is 1. The summed E-state index contributed by atoms with van der Waals surface area (Å²) in [5, 5.41) is 3.47. The lowest BCUT2D eigenvalue weighted by atomic mass is 10.1. The van der Waals surface area contributed by atoms with E-state index in [0.29, 0.717) is 10.1 Å². The van der Waals surface area contributed by atoms with Crippen LogP contribution in [0.15, 0.2) is 75.2 Å². The summed E-state index contributed by atoms with van der Waals surface area (Å²) in [5.74, 6) is -0.127. The number of aryl methyl sites for hydroxylation is 1. The average Bonchev–Trinajstić information content (AvgIpc) is 3.27. The fraction of sp³-hybridized carbons (Fsp3) is 0.0909. The van der Waals surface area contributed by atoms with Crippen molar-refractivity contribution >= 4 is 50.5 Å². The first-order valence-corrected chi connectivity index (χ1v) is 10.4. The van der Waals surface area contributed by atoms with Crippen molar-refractivity contribution < 1.29 is 4.79 Å². The highest BCUT2D eigenvalue weighted by Crippen LogP contribution is 2.30. The van der Waals surface area contributed by atoms with Crippen LogP contribution in [0.3, 0.4) is 0 Å². The number of amides is 1. The summed E-state index contributed by atoms with van der Waals surface area (Å²) in [6, 6.07) is 18.0. The molecule has 1 saturated heterocycles. The number of nitrogens with zero attached hydrogens (tertiary/aromatic N) is 2. The molecule has 0 saturated carbocycles. The molecule has 0 aliphatic carbocycles. The Morgan fingerprint density at radius 2 is 1.86 bits per heavy atom. The van der Waals surface area contributed by atoms with Crippen molar-refractivity contribution in [1.82, 2.24) is 9.88 Å². The van der Waals surface area contributed by atoms with E-state index < -0.39 is 0 Å². The molecule has 1 N–H and O–H groups in total. The zero-order valence-corrected chi connectivity index (χ0v) is 17.8. The zero-order chi connectivity index (χ0) is 19.7. The second-order valence-electron chi connectivity index (χ2n) is 6.48. The highest BCUT2D eigenvalue weighted by Gasteiger charge is 2.24. The maximum absolute atomic E-state index is 12.4. The van der Waals surface area contributed by atoms with E-state index in [1.165, 1.54) is 17.3 Å². The van der Waals surface area contributed by atoms with Crippen molar-refractivity contribution in [2.24, 2.45) is 4.99 Å². The van der Waals surface area contributed by atoms with Crippen molar-refractivity contribution in [3.63, 3.8) is 0 Å². The summed E-state index contributed by atoms with van der Waals surface area (Å²) >= 11 is 4.82. The van der Waals surface area contributed by atoms with Crippen molar-refractivity contribution in [3.8, 4) is 5.69 Å². The molecule has 3 aromatic rings. The third kappa shape index (κ3) is 3.84. The minimum atomic E-state index is -0.127. The van der Waals surface area contributed by atoms with Gasteiger partial charge in [-0.3, -0.25) is 4.79 Å². The number of carbonyl (C=O) groups excluding carboxylic acids is 1. The van der Waals surface area contributed by atoms with Crippen LogP contribution >= 0.6 is 27.7 Å². The Balaban J connectivity index is 1.63. The highest BCUT2D eigenvalue weighted by molar-refractivity contribution is 9.10. The van der Waals surface area contributed by atoms with E-state index in [1.807, 2.05) is 72.3 Å². The number of carbonyl (C=O) groups is 1. The van der Waals surface area contributed by atoms with Crippen LogP contribution in [0.2, 0.25) is 0 Å². The van der Waals surface area contributed by atoms with E-state index in [9.17, 15) is 4.79 Å². The van der Waals surface area contributed by atoms with Crippen molar-refractivity contribution in [2.45, 2.75) is 13.8 Å². The second-order valence-corrected chi connectivity index (χ2v) is 8.43. The van der Waals surface area contributed by atoms with Gasteiger partial charge >= 0.3 is 0 Å². The molecule has 1 aliphatic heterocycles. The number of aromatic nitrogens is 1. The van der Waals surface area contributed by atoms with Crippen molar-refractivity contribution in [3.05, 3.63) is 87.0 Å². The van der Waals surface area contributed by atoms with E-state index >= 15 is 0 Å². The minimum absolute atomic E-state index is 0.127. The molecule has 28 heavy (non-hydrogen) atoms. The normalized spacial score (nSPS) is 16.8. The van der Waals surface area contributed by atoms with Gasteiger partial charge in [0.2, 0.25) is 0 Å². The van der Waals surface area contributed by atoms with Crippen LogP contribution in [0.4, 0.5) is 5.69 Å². The van der Waals surface area contributed by atoms with Crippen LogP contribution in [0, 0.1) is 13.8 Å². The van der Waals surface area contributed by atoms with E-state index in [1.54, 1.807) is 0 Å². The summed E-state index contributed by atoms with van der Waals surface area (Å²) in [7, 11) is 0. The molecule has 1 amide bonds. The number of benzene rings is 2. The Morgan fingerprint density at radius 3 is 2.64 bits per heavy atom. The molecule has 2 heterocycles. The van der Waals surface area contributed by atoms with Crippen LogP contribution < -0.4 is 5.32 Å². The van der Waals surface area contributed by atoms with Crippen molar-refractivity contribution in [2.75, 3.05) is 0 Å². The monoisotopic (exact) mass is 451 g/mol.